The van der Waals surface area contributed by atoms with Crippen molar-refractivity contribution in [2.45, 2.75) is 33.2 Å². The minimum absolute atomic E-state index is 0.450. The Bertz CT molecular complexity index is 606. The Balaban J connectivity index is 1.84. The van der Waals surface area contributed by atoms with E-state index < -0.39 is 0 Å². The zero-order valence-electron chi connectivity index (χ0n) is 14.6. The molecule has 0 spiro atoms. The first kappa shape index (κ1) is 17.4. The van der Waals surface area contributed by atoms with E-state index in [2.05, 4.69) is 56.4 Å². The normalized spacial score (nSPS) is 10.8. The summed E-state index contributed by atoms with van der Waals surface area (Å²) in [7, 11) is 1.94. The second kappa shape index (κ2) is 8.59. The predicted octanol–water partition coefficient (Wildman–Crippen LogP) is 4.30. The van der Waals surface area contributed by atoms with Crippen LogP contribution >= 0.6 is 0 Å². The maximum Gasteiger partial charge on any atom is 0.123 e. The molecule has 0 aliphatic carbocycles. The molecule has 2 rings (SSSR count). The summed E-state index contributed by atoms with van der Waals surface area (Å²) in [5.74, 6) is 2.29. The molecule has 3 nitrogen and oxygen atoms in total. The van der Waals surface area contributed by atoms with Crippen LogP contribution in [-0.2, 0) is 6.54 Å². The van der Waals surface area contributed by atoms with E-state index in [4.69, 9.17) is 9.47 Å². The van der Waals surface area contributed by atoms with Gasteiger partial charge in [-0.25, -0.2) is 0 Å². The molecule has 0 bridgehead atoms. The third-order valence-corrected chi connectivity index (χ3v) is 3.70. The average Bonchev–Trinajstić information content (AvgIpc) is 2.53. The SMILES string of the molecule is CNCc1ccc(OCCOc2cc(C)ccc2C(C)C)cc1. The summed E-state index contributed by atoms with van der Waals surface area (Å²) >= 11 is 0. The molecule has 2 aromatic rings. The van der Waals surface area contributed by atoms with Gasteiger partial charge in [0.25, 0.3) is 0 Å². The minimum atomic E-state index is 0.450. The highest BCUT2D eigenvalue weighted by molar-refractivity contribution is 5.39. The van der Waals surface area contributed by atoms with E-state index in [9.17, 15) is 0 Å². The van der Waals surface area contributed by atoms with Gasteiger partial charge in [0.05, 0.1) is 0 Å². The maximum absolute atomic E-state index is 5.93. The summed E-state index contributed by atoms with van der Waals surface area (Å²) in [6, 6.07) is 14.5. The standard InChI is InChI=1S/C20H27NO2/c1-15(2)19-10-5-16(3)13-20(19)23-12-11-22-18-8-6-17(7-9-18)14-21-4/h5-10,13,15,21H,11-12,14H2,1-4H3. The molecule has 0 atom stereocenters. The van der Waals surface area contributed by atoms with Gasteiger partial charge in [-0.15, -0.1) is 0 Å². The van der Waals surface area contributed by atoms with E-state index in [1.807, 2.05) is 19.2 Å². The zero-order chi connectivity index (χ0) is 16.7. The van der Waals surface area contributed by atoms with Gasteiger partial charge in [-0.2, -0.15) is 0 Å². The zero-order valence-corrected chi connectivity index (χ0v) is 14.6. The first-order valence-electron chi connectivity index (χ1n) is 8.20. The van der Waals surface area contributed by atoms with Crippen LogP contribution in [0.25, 0.3) is 0 Å². The Labute approximate surface area is 139 Å². The molecule has 124 valence electrons. The number of hydrogen-bond donors (Lipinski definition) is 1. The van der Waals surface area contributed by atoms with Crippen molar-refractivity contribution in [3.63, 3.8) is 0 Å². The molecule has 0 saturated carbocycles. The Morgan fingerprint density at radius 1 is 0.957 bits per heavy atom. The van der Waals surface area contributed by atoms with E-state index in [-0.39, 0.29) is 0 Å². The maximum atomic E-state index is 5.93. The Kier molecular flexibility index (Phi) is 6.48. The van der Waals surface area contributed by atoms with Gasteiger partial charge in [-0.3, -0.25) is 0 Å². The highest BCUT2D eigenvalue weighted by Gasteiger charge is 2.08. The summed E-state index contributed by atoms with van der Waals surface area (Å²) in [6.07, 6.45) is 0. The molecule has 3 heteroatoms. The van der Waals surface area contributed by atoms with Crippen LogP contribution in [0.2, 0.25) is 0 Å². The van der Waals surface area contributed by atoms with Crippen LogP contribution in [0.5, 0.6) is 11.5 Å². The molecule has 0 amide bonds. The minimum Gasteiger partial charge on any atom is -0.490 e. The molecule has 0 unspecified atom stereocenters. The summed E-state index contributed by atoms with van der Waals surface area (Å²) in [4.78, 5) is 0. The van der Waals surface area contributed by atoms with Gasteiger partial charge >= 0.3 is 0 Å². The molecular weight excluding hydrogens is 286 g/mol. The van der Waals surface area contributed by atoms with Crippen molar-refractivity contribution in [2.24, 2.45) is 0 Å². The molecule has 0 aliphatic heterocycles. The molecular formula is C20H27NO2. The number of hydrogen-bond acceptors (Lipinski definition) is 3. The predicted molar refractivity (Wildman–Crippen MR) is 95.5 cm³/mol. The van der Waals surface area contributed by atoms with Gasteiger partial charge < -0.3 is 14.8 Å². The number of benzene rings is 2. The Morgan fingerprint density at radius 2 is 1.65 bits per heavy atom. The lowest BCUT2D eigenvalue weighted by atomic mass is 10.0. The van der Waals surface area contributed by atoms with Crippen molar-refractivity contribution >= 4 is 0 Å². The molecule has 0 aliphatic rings. The first-order valence-corrected chi connectivity index (χ1v) is 8.20. The number of ether oxygens (including phenoxy) is 2. The molecule has 1 N–H and O–H groups in total. The average molecular weight is 313 g/mol. The molecule has 0 aromatic heterocycles. The number of nitrogens with one attached hydrogen (secondary N) is 1. The highest BCUT2D eigenvalue weighted by atomic mass is 16.5. The smallest absolute Gasteiger partial charge is 0.123 e. The van der Waals surface area contributed by atoms with Crippen LogP contribution in [0.1, 0.15) is 36.5 Å². The van der Waals surface area contributed by atoms with Gasteiger partial charge in [0.2, 0.25) is 0 Å². The fourth-order valence-electron chi connectivity index (χ4n) is 2.46. The van der Waals surface area contributed by atoms with Gasteiger partial charge in [0, 0.05) is 6.54 Å². The topological polar surface area (TPSA) is 30.5 Å². The van der Waals surface area contributed by atoms with Gasteiger partial charge in [0.1, 0.15) is 24.7 Å². The molecule has 2 aromatic carbocycles. The van der Waals surface area contributed by atoms with Crippen molar-refractivity contribution in [3.8, 4) is 11.5 Å². The second-order valence-electron chi connectivity index (χ2n) is 6.07. The Hall–Kier alpha value is -2.00. The lowest BCUT2D eigenvalue weighted by Crippen LogP contribution is -2.10. The van der Waals surface area contributed by atoms with Crippen molar-refractivity contribution < 1.29 is 9.47 Å². The monoisotopic (exact) mass is 313 g/mol. The van der Waals surface area contributed by atoms with Gasteiger partial charge in [-0.05, 0) is 54.8 Å². The van der Waals surface area contributed by atoms with E-state index in [1.54, 1.807) is 0 Å². The fraction of sp³-hybridized carbons (Fsp3) is 0.400. The van der Waals surface area contributed by atoms with Crippen molar-refractivity contribution in [2.75, 3.05) is 20.3 Å². The van der Waals surface area contributed by atoms with Crippen LogP contribution in [0.3, 0.4) is 0 Å². The van der Waals surface area contributed by atoms with Crippen LogP contribution in [0, 0.1) is 6.92 Å². The third-order valence-electron chi connectivity index (χ3n) is 3.70. The lowest BCUT2D eigenvalue weighted by molar-refractivity contribution is 0.215. The van der Waals surface area contributed by atoms with Crippen LogP contribution < -0.4 is 14.8 Å². The molecule has 23 heavy (non-hydrogen) atoms. The van der Waals surface area contributed by atoms with E-state index in [0.29, 0.717) is 19.1 Å². The van der Waals surface area contributed by atoms with Gasteiger partial charge in [0.15, 0.2) is 0 Å². The first-order chi connectivity index (χ1) is 11.1. The molecule has 0 radical (unpaired) electrons. The molecule has 0 fully saturated rings. The van der Waals surface area contributed by atoms with Crippen LogP contribution in [0.4, 0.5) is 0 Å². The second-order valence-corrected chi connectivity index (χ2v) is 6.07. The summed E-state index contributed by atoms with van der Waals surface area (Å²) in [5, 5.41) is 3.13. The number of rotatable bonds is 8. The summed E-state index contributed by atoms with van der Waals surface area (Å²) in [6.45, 7) is 8.40. The molecule has 0 heterocycles. The summed E-state index contributed by atoms with van der Waals surface area (Å²) < 4.78 is 11.7. The van der Waals surface area contributed by atoms with E-state index >= 15 is 0 Å². The quantitative estimate of drug-likeness (QED) is 0.737. The highest BCUT2D eigenvalue weighted by Crippen LogP contribution is 2.27. The summed E-state index contributed by atoms with van der Waals surface area (Å²) in [5.41, 5.74) is 3.70. The van der Waals surface area contributed by atoms with Gasteiger partial charge in [-0.1, -0.05) is 38.1 Å². The number of aryl methyl sites for hydroxylation is 1. The van der Waals surface area contributed by atoms with Crippen molar-refractivity contribution in [1.29, 1.82) is 0 Å². The molecule has 0 saturated heterocycles. The van der Waals surface area contributed by atoms with E-state index in [1.165, 1.54) is 16.7 Å². The largest absolute Gasteiger partial charge is 0.490 e. The fourth-order valence-corrected chi connectivity index (χ4v) is 2.46. The Morgan fingerprint density at radius 3 is 2.30 bits per heavy atom. The lowest BCUT2D eigenvalue weighted by Gasteiger charge is -2.15. The van der Waals surface area contributed by atoms with Crippen molar-refractivity contribution in [1.82, 2.24) is 5.32 Å². The van der Waals surface area contributed by atoms with Crippen molar-refractivity contribution in [3.05, 3.63) is 59.2 Å². The van der Waals surface area contributed by atoms with E-state index in [0.717, 1.165) is 18.0 Å². The third kappa shape index (κ3) is 5.29. The van der Waals surface area contributed by atoms with Crippen LogP contribution in [0.15, 0.2) is 42.5 Å². The van der Waals surface area contributed by atoms with Crippen LogP contribution in [-0.4, -0.2) is 20.3 Å².